The molecular weight excluding hydrogens is 1030 g/mol. The van der Waals surface area contributed by atoms with E-state index in [0.29, 0.717) is 63.5 Å². The number of aryl methyl sites for hydroxylation is 1. The van der Waals surface area contributed by atoms with Gasteiger partial charge in [0.05, 0.1) is 52.7 Å². The summed E-state index contributed by atoms with van der Waals surface area (Å²) in [5, 5.41) is 8.71. The van der Waals surface area contributed by atoms with Crippen LogP contribution in [0.25, 0.3) is 33.4 Å². The number of hydrogen-bond donors (Lipinski definition) is 2. The topological polar surface area (TPSA) is 161 Å². The average Bonchev–Trinajstić information content (AvgIpc) is 2.20. The highest BCUT2D eigenvalue weighted by atomic mass is 32.1. The Hall–Kier alpha value is -4.98. The first-order valence-electron chi connectivity index (χ1n) is 31.9. The SMILES string of the molecule is [2H]C([2H])([2H])N1[C@H](C2CC2)[C@@H]1C(=O)N1CC[C@]2(CCN([C@H](C(=O)N[C@H]3Cc4nc(cs4)-c4ccc5c(c4)c(c(-c4cc(N6CCN(C7CC7)CC6)cnc4[C@H](C)OC)n5CC)CC(C)(C)COC(=O)[C@@H]4CCCN(N4)C3=O)C3CCCC3)C2)C1. The number of benzene rings is 1. The van der Waals surface area contributed by atoms with Gasteiger partial charge in [-0.15, -0.1) is 11.3 Å². The number of carbonyl (C=O) groups is 4. The first-order valence-corrected chi connectivity index (χ1v) is 31.3. The zero-order valence-electron chi connectivity index (χ0n) is 50.7. The number of aromatic nitrogens is 3. The third-order valence-corrected chi connectivity index (χ3v) is 20.8. The maximum atomic E-state index is 15.3. The number of methoxy groups -OCH3 is 1. The smallest absolute Gasteiger partial charge is 0.324 e. The number of hydrazine groups is 1. The summed E-state index contributed by atoms with van der Waals surface area (Å²) < 4.78 is 39.2. The molecule has 2 N–H and O–H groups in total. The van der Waals surface area contributed by atoms with Crippen molar-refractivity contribution in [3.63, 3.8) is 0 Å². The number of fused-ring (bicyclic) bond motifs is 6. The number of nitrogens with zero attached hydrogens (tertiary/aromatic N) is 9. The molecule has 18 heteroatoms. The summed E-state index contributed by atoms with van der Waals surface area (Å²) in [5.74, 6) is -0.598. The third-order valence-electron chi connectivity index (χ3n) is 19.9. The highest BCUT2D eigenvalue weighted by Gasteiger charge is 2.59. The first kappa shape index (κ1) is 50.7. The van der Waals surface area contributed by atoms with Gasteiger partial charge in [-0.25, -0.2) is 10.4 Å². The van der Waals surface area contributed by atoms with E-state index in [9.17, 15) is 9.59 Å². The summed E-state index contributed by atoms with van der Waals surface area (Å²) in [6.45, 7) is 13.9. The molecule has 9 heterocycles. The van der Waals surface area contributed by atoms with Gasteiger partial charge in [-0.1, -0.05) is 32.8 Å². The number of likely N-dealkylation sites (tertiary alicyclic amines) is 2. The number of hydrogen-bond acceptors (Lipinski definition) is 14. The van der Waals surface area contributed by atoms with Crippen LogP contribution in [0.2, 0.25) is 0 Å². The molecule has 80 heavy (non-hydrogen) atoms. The minimum absolute atomic E-state index is 0.0666. The molecule has 1 unspecified atom stereocenters. The van der Waals surface area contributed by atoms with E-state index in [1.807, 2.05) is 11.1 Å². The molecule has 9 aliphatic rings. The van der Waals surface area contributed by atoms with Crippen LogP contribution in [-0.4, -0.2) is 179 Å². The lowest BCUT2D eigenvalue weighted by Gasteiger charge is -2.37. The van der Waals surface area contributed by atoms with Crippen LogP contribution in [-0.2, 0) is 48.0 Å². The molecule has 3 amide bonds. The molecule has 1 spiro atoms. The van der Waals surface area contributed by atoms with Crippen LogP contribution in [0.3, 0.4) is 0 Å². The Kier molecular flexibility index (Phi) is 13.7. The molecule has 3 aliphatic carbocycles. The standard InChI is InChI=1S/C62H85N11O6S/c1-7-72-50-19-16-41-29-44(50)46(55(72)45-30-43(33-63-52(45)38(2)78-6)69-27-25-68(26-28-69)42-17-18-42)32-61(3,4)37-79-60(77)47-13-10-22-73(66-47)58(75)48(31-51-64-49(41)34-80-51)65-57(74)54(39-11-8-9-12-39)70-23-20-62(35-70)21-24-71(36-62)59(76)56-53(67(56)5)40-14-15-40/h16,19,29-30,33-34,38-40,42,47-48,53-54,56,66H,7-15,17-18,20-28,31-32,35-37H2,1-6H3,(H,65,74)/t38-,47-,48-,53+,54-,56+,62-,67?/m0/s1/i5D3. The highest BCUT2D eigenvalue weighted by Crippen LogP contribution is 2.49. The number of carbonyl (C=O) groups excluding carboxylic acids is 4. The van der Waals surface area contributed by atoms with Gasteiger partial charge < -0.3 is 29.2 Å². The maximum absolute atomic E-state index is 15.3. The zero-order chi connectivity index (χ0) is 57.7. The second-order valence-electron chi connectivity index (χ2n) is 26.1. The van der Waals surface area contributed by atoms with Crippen LogP contribution in [0.15, 0.2) is 35.8 Å². The second kappa shape index (κ2) is 21.6. The van der Waals surface area contributed by atoms with Crippen molar-refractivity contribution in [1.29, 1.82) is 0 Å². The fraction of sp³-hybridized carbons (Fsp3) is 0.677. The van der Waals surface area contributed by atoms with Gasteiger partial charge in [0, 0.05) is 127 Å². The number of esters is 1. The van der Waals surface area contributed by atoms with Gasteiger partial charge in [-0.2, -0.15) is 0 Å². The number of pyridine rings is 1. The van der Waals surface area contributed by atoms with Crippen molar-refractivity contribution in [2.75, 3.05) is 84.5 Å². The number of piperazine rings is 1. The van der Waals surface area contributed by atoms with Crippen LogP contribution in [0, 0.1) is 22.7 Å². The van der Waals surface area contributed by atoms with Gasteiger partial charge in [0.15, 0.2) is 0 Å². The number of ether oxygens (including phenoxy) is 2. The number of likely N-dealkylation sites (N-methyl/N-ethyl adjacent to an activating group) is 1. The van der Waals surface area contributed by atoms with Crippen molar-refractivity contribution < 1.29 is 32.8 Å². The largest absolute Gasteiger partial charge is 0.464 e. The Morgan fingerprint density at radius 3 is 2.52 bits per heavy atom. The molecule has 4 aromatic rings. The van der Waals surface area contributed by atoms with E-state index in [1.54, 1.807) is 7.11 Å². The van der Waals surface area contributed by atoms with Crippen LogP contribution in [0.1, 0.15) is 131 Å². The lowest BCUT2D eigenvalue weighted by Crippen LogP contribution is -2.62. The number of amides is 3. The molecule has 17 nitrogen and oxygen atoms in total. The summed E-state index contributed by atoms with van der Waals surface area (Å²) in [4.78, 5) is 80.1. The first-order chi connectivity index (χ1) is 39.9. The van der Waals surface area contributed by atoms with E-state index in [-0.39, 0.29) is 60.1 Å². The van der Waals surface area contributed by atoms with Crippen molar-refractivity contribution in [1.82, 2.24) is 49.9 Å². The number of cyclic esters (lactones) is 1. The van der Waals surface area contributed by atoms with E-state index >= 15 is 9.59 Å². The molecule has 8 atom stereocenters. The minimum atomic E-state index is -2.29. The van der Waals surface area contributed by atoms with E-state index in [4.69, 9.17) is 23.6 Å². The molecule has 6 aliphatic heterocycles. The van der Waals surface area contributed by atoms with Crippen LogP contribution in [0.5, 0.6) is 0 Å². The summed E-state index contributed by atoms with van der Waals surface area (Å²) >= 11 is 1.48. The number of nitrogens with one attached hydrogen (secondary N) is 2. The molecule has 13 rings (SSSR count). The van der Waals surface area contributed by atoms with E-state index in [2.05, 4.69) is 87.3 Å². The van der Waals surface area contributed by atoms with Crippen LogP contribution < -0.4 is 15.6 Å². The molecule has 5 saturated heterocycles. The predicted octanol–water partition coefficient (Wildman–Crippen LogP) is 7.06. The summed E-state index contributed by atoms with van der Waals surface area (Å²) in [7, 11) is 1.74. The van der Waals surface area contributed by atoms with Crippen molar-refractivity contribution in [3.8, 4) is 22.5 Å². The van der Waals surface area contributed by atoms with E-state index in [1.165, 1.54) is 34.1 Å². The fourth-order valence-electron chi connectivity index (χ4n) is 15.1. The van der Waals surface area contributed by atoms with Gasteiger partial charge in [0.25, 0.3) is 5.91 Å². The third kappa shape index (κ3) is 10.5. The van der Waals surface area contributed by atoms with Gasteiger partial charge >= 0.3 is 5.97 Å². The maximum Gasteiger partial charge on any atom is 0.324 e. The normalized spacial score (nSPS) is 30.3. The van der Waals surface area contributed by atoms with Gasteiger partial charge in [0.1, 0.15) is 18.1 Å². The van der Waals surface area contributed by atoms with E-state index in [0.717, 1.165) is 134 Å². The molecule has 1 aromatic carbocycles. The van der Waals surface area contributed by atoms with Crippen LogP contribution in [0.4, 0.5) is 5.69 Å². The summed E-state index contributed by atoms with van der Waals surface area (Å²) in [5.41, 5.74) is 10.6. The number of rotatable bonds is 12. The van der Waals surface area contributed by atoms with Crippen molar-refractivity contribution in [2.24, 2.45) is 22.7 Å². The molecule has 430 valence electrons. The Morgan fingerprint density at radius 2 is 1.77 bits per heavy atom. The lowest BCUT2D eigenvalue weighted by atomic mass is 9.84. The van der Waals surface area contributed by atoms with Crippen molar-refractivity contribution >= 4 is 51.6 Å². The predicted molar refractivity (Wildman–Crippen MR) is 310 cm³/mol. The number of anilines is 1. The monoisotopic (exact) mass is 1110 g/mol. The fourth-order valence-corrected chi connectivity index (χ4v) is 15.9. The quantitative estimate of drug-likeness (QED) is 0.110. The minimum Gasteiger partial charge on any atom is -0.464 e. The molecular formula is C62H85N11O6S. The Morgan fingerprint density at radius 1 is 0.975 bits per heavy atom. The highest BCUT2D eigenvalue weighted by molar-refractivity contribution is 7.10. The second-order valence-corrected chi connectivity index (χ2v) is 27.1. The molecule has 3 saturated carbocycles. The Labute approximate surface area is 480 Å². The summed E-state index contributed by atoms with van der Waals surface area (Å²) in [6, 6.07) is 6.65. The molecule has 8 fully saturated rings. The lowest BCUT2D eigenvalue weighted by molar-refractivity contribution is -0.155. The van der Waals surface area contributed by atoms with Crippen LogP contribution >= 0.6 is 11.3 Å². The molecule has 6 bridgehead atoms. The van der Waals surface area contributed by atoms with Crippen molar-refractivity contribution in [3.05, 3.63) is 52.1 Å². The Bertz CT molecular complexity index is 3130. The molecule has 0 radical (unpaired) electrons. The Balaban J connectivity index is 0.809. The average molecular weight is 1120 g/mol. The van der Waals surface area contributed by atoms with Gasteiger partial charge in [-0.05, 0) is 134 Å². The van der Waals surface area contributed by atoms with Gasteiger partial charge in [-0.3, -0.25) is 43.9 Å². The van der Waals surface area contributed by atoms with Gasteiger partial charge in [0.2, 0.25) is 11.8 Å². The summed E-state index contributed by atoms with van der Waals surface area (Å²) in [6.07, 6.45) is 13.6. The molecule has 3 aromatic heterocycles. The van der Waals surface area contributed by atoms with Crippen molar-refractivity contribution in [2.45, 2.75) is 166 Å². The number of thiazole rings is 1. The zero-order valence-corrected chi connectivity index (χ0v) is 48.5. The van der Waals surface area contributed by atoms with E-state index < -0.39 is 42.5 Å².